The first-order chi connectivity index (χ1) is 10.7. The Morgan fingerprint density at radius 1 is 1.32 bits per heavy atom. The van der Waals surface area contributed by atoms with E-state index in [4.69, 9.17) is 4.52 Å². The average Bonchev–Trinajstić information content (AvgIpc) is 2.96. The number of nitrogens with zero attached hydrogens (tertiary/aromatic N) is 6. The molecule has 0 aromatic carbocycles. The van der Waals surface area contributed by atoms with Crippen LogP contribution in [0, 0.1) is 0 Å². The van der Waals surface area contributed by atoms with Gasteiger partial charge in [-0.3, -0.25) is 4.90 Å². The second-order valence-corrected chi connectivity index (χ2v) is 6.67. The van der Waals surface area contributed by atoms with Crippen molar-refractivity contribution in [1.29, 1.82) is 0 Å². The van der Waals surface area contributed by atoms with Gasteiger partial charge in [-0.15, -0.1) is 5.10 Å². The van der Waals surface area contributed by atoms with Crippen LogP contribution < -0.4 is 0 Å². The Bertz CT molecular complexity index is 618. The van der Waals surface area contributed by atoms with Gasteiger partial charge in [-0.05, 0) is 26.9 Å². The van der Waals surface area contributed by atoms with Crippen molar-refractivity contribution < 1.29 is 4.52 Å². The molecule has 1 aliphatic heterocycles. The molecule has 0 N–H and O–H groups in total. The van der Waals surface area contributed by atoms with Crippen LogP contribution in [0.3, 0.4) is 0 Å². The van der Waals surface area contributed by atoms with E-state index in [2.05, 4.69) is 45.4 Å². The normalized spacial score (nSPS) is 26.1. The standard InChI is InChI=1S/C15H22N6O/c1-19(2)14-9-20(10-15(14)21-6-5-16-18-21)8-12-7-13(17-22-12)11-3-4-11/h5-7,11,14-15H,3-4,8-10H2,1-2H3/t14-,15+/m1/s1. The molecule has 4 rings (SSSR count). The van der Waals surface area contributed by atoms with Crippen LogP contribution in [0.5, 0.6) is 0 Å². The van der Waals surface area contributed by atoms with E-state index in [0.717, 1.165) is 31.1 Å². The highest BCUT2D eigenvalue weighted by atomic mass is 16.5. The molecular formula is C15H22N6O. The second-order valence-electron chi connectivity index (χ2n) is 6.67. The molecule has 2 aliphatic rings. The third kappa shape index (κ3) is 2.66. The Kier molecular flexibility index (Phi) is 3.46. The first kappa shape index (κ1) is 13.9. The third-order valence-electron chi connectivity index (χ3n) is 4.73. The lowest BCUT2D eigenvalue weighted by Crippen LogP contribution is -2.36. The van der Waals surface area contributed by atoms with Crippen LogP contribution in [-0.4, -0.2) is 63.2 Å². The number of likely N-dealkylation sites (N-methyl/N-ethyl adjacent to an activating group) is 1. The predicted octanol–water partition coefficient (Wildman–Crippen LogP) is 1.13. The number of hydrogen-bond donors (Lipinski definition) is 0. The van der Waals surface area contributed by atoms with Crippen LogP contribution in [0.1, 0.15) is 36.3 Å². The van der Waals surface area contributed by atoms with Crippen LogP contribution in [0.2, 0.25) is 0 Å². The van der Waals surface area contributed by atoms with Crippen molar-refractivity contribution in [2.45, 2.75) is 37.4 Å². The maximum Gasteiger partial charge on any atom is 0.150 e. The fraction of sp³-hybridized carbons (Fsp3) is 0.667. The third-order valence-corrected chi connectivity index (χ3v) is 4.73. The predicted molar refractivity (Wildman–Crippen MR) is 80.3 cm³/mol. The first-order valence-electron chi connectivity index (χ1n) is 7.91. The minimum Gasteiger partial charge on any atom is -0.360 e. The van der Waals surface area contributed by atoms with E-state index in [1.54, 1.807) is 6.20 Å². The van der Waals surface area contributed by atoms with Gasteiger partial charge < -0.3 is 9.42 Å². The summed E-state index contributed by atoms with van der Waals surface area (Å²) in [4.78, 5) is 4.68. The maximum atomic E-state index is 5.51. The number of likely N-dealkylation sites (tertiary alicyclic amines) is 1. The number of rotatable bonds is 5. The molecule has 2 fully saturated rings. The zero-order valence-electron chi connectivity index (χ0n) is 13.1. The highest BCUT2D eigenvalue weighted by molar-refractivity contribution is 5.15. The molecule has 0 amide bonds. The van der Waals surface area contributed by atoms with Gasteiger partial charge in [0.15, 0.2) is 5.76 Å². The monoisotopic (exact) mass is 302 g/mol. The van der Waals surface area contributed by atoms with E-state index in [0.29, 0.717) is 18.0 Å². The SMILES string of the molecule is CN(C)[C@@H]1CN(Cc2cc(C3CC3)no2)C[C@@H]1n1ccnn1. The van der Waals surface area contributed by atoms with Crippen LogP contribution in [0.25, 0.3) is 0 Å². The molecule has 1 saturated heterocycles. The van der Waals surface area contributed by atoms with E-state index in [-0.39, 0.29) is 0 Å². The second kappa shape index (κ2) is 5.48. The molecule has 0 spiro atoms. The molecular weight excluding hydrogens is 280 g/mol. The Hall–Kier alpha value is -1.73. The minimum atomic E-state index is 0.323. The fourth-order valence-electron chi connectivity index (χ4n) is 3.33. The lowest BCUT2D eigenvalue weighted by molar-refractivity contribution is 0.231. The summed E-state index contributed by atoms with van der Waals surface area (Å²) >= 11 is 0. The van der Waals surface area contributed by atoms with Crippen molar-refractivity contribution in [1.82, 2.24) is 30.0 Å². The fourth-order valence-corrected chi connectivity index (χ4v) is 3.33. The van der Waals surface area contributed by atoms with Gasteiger partial charge in [-0.25, -0.2) is 4.68 Å². The molecule has 0 radical (unpaired) electrons. The van der Waals surface area contributed by atoms with Gasteiger partial charge in [0, 0.05) is 37.3 Å². The van der Waals surface area contributed by atoms with Crippen LogP contribution in [0.4, 0.5) is 0 Å². The van der Waals surface area contributed by atoms with Crippen molar-refractivity contribution in [2.75, 3.05) is 27.2 Å². The van der Waals surface area contributed by atoms with Crippen molar-refractivity contribution in [3.63, 3.8) is 0 Å². The number of aromatic nitrogens is 4. The van der Waals surface area contributed by atoms with Crippen molar-refractivity contribution in [3.8, 4) is 0 Å². The summed E-state index contributed by atoms with van der Waals surface area (Å²) in [6.07, 6.45) is 6.21. The molecule has 7 heteroatoms. The van der Waals surface area contributed by atoms with E-state index in [1.807, 2.05) is 10.9 Å². The van der Waals surface area contributed by atoms with Gasteiger partial charge in [0.2, 0.25) is 0 Å². The van der Waals surface area contributed by atoms with Gasteiger partial charge in [0.25, 0.3) is 0 Å². The molecule has 2 aromatic rings. The van der Waals surface area contributed by atoms with Crippen LogP contribution >= 0.6 is 0 Å². The zero-order chi connectivity index (χ0) is 15.1. The topological polar surface area (TPSA) is 63.2 Å². The largest absolute Gasteiger partial charge is 0.360 e. The molecule has 0 unspecified atom stereocenters. The average molecular weight is 302 g/mol. The Morgan fingerprint density at radius 3 is 2.86 bits per heavy atom. The molecule has 0 bridgehead atoms. The van der Waals surface area contributed by atoms with Crippen LogP contribution in [-0.2, 0) is 6.54 Å². The molecule has 2 atom stereocenters. The summed E-state index contributed by atoms with van der Waals surface area (Å²) in [5, 5.41) is 12.3. The summed E-state index contributed by atoms with van der Waals surface area (Å²) < 4.78 is 7.48. The summed E-state index contributed by atoms with van der Waals surface area (Å²) in [7, 11) is 4.25. The highest BCUT2D eigenvalue weighted by Crippen LogP contribution is 2.39. The van der Waals surface area contributed by atoms with Gasteiger partial charge in [-0.2, -0.15) is 0 Å². The highest BCUT2D eigenvalue weighted by Gasteiger charge is 2.36. The van der Waals surface area contributed by atoms with Crippen LogP contribution in [0.15, 0.2) is 23.0 Å². The number of hydrogen-bond acceptors (Lipinski definition) is 6. The first-order valence-corrected chi connectivity index (χ1v) is 7.91. The lowest BCUT2D eigenvalue weighted by Gasteiger charge is -2.24. The van der Waals surface area contributed by atoms with Gasteiger partial charge in [0.05, 0.1) is 24.5 Å². The smallest absolute Gasteiger partial charge is 0.150 e. The summed E-state index contributed by atoms with van der Waals surface area (Å²) in [5.74, 6) is 1.62. The van der Waals surface area contributed by atoms with E-state index in [1.165, 1.54) is 12.8 Å². The van der Waals surface area contributed by atoms with Crippen molar-refractivity contribution >= 4 is 0 Å². The maximum absolute atomic E-state index is 5.51. The summed E-state index contributed by atoms with van der Waals surface area (Å²) in [6.45, 7) is 2.76. The van der Waals surface area contributed by atoms with Gasteiger partial charge >= 0.3 is 0 Å². The van der Waals surface area contributed by atoms with Crippen molar-refractivity contribution in [3.05, 3.63) is 29.9 Å². The van der Waals surface area contributed by atoms with Gasteiger partial charge in [0.1, 0.15) is 0 Å². The lowest BCUT2D eigenvalue weighted by atomic mass is 10.1. The van der Waals surface area contributed by atoms with Crippen molar-refractivity contribution in [2.24, 2.45) is 0 Å². The minimum absolute atomic E-state index is 0.323. The summed E-state index contributed by atoms with van der Waals surface area (Å²) in [5.41, 5.74) is 1.13. The molecule has 7 nitrogen and oxygen atoms in total. The van der Waals surface area contributed by atoms with E-state index in [9.17, 15) is 0 Å². The van der Waals surface area contributed by atoms with Gasteiger partial charge in [-0.1, -0.05) is 10.4 Å². The van der Waals surface area contributed by atoms with E-state index < -0.39 is 0 Å². The molecule has 3 heterocycles. The molecule has 2 aromatic heterocycles. The Morgan fingerprint density at radius 2 is 2.18 bits per heavy atom. The Labute approximate surface area is 129 Å². The van der Waals surface area contributed by atoms with E-state index >= 15 is 0 Å². The molecule has 1 aliphatic carbocycles. The summed E-state index contributed by atoms with van der Waals surface area (Å²) in [6, 6.07) is 2.88. The zero-order valence-corrected chi connectivity index (χ0v) is 13.1. The quantitative estimate of drug-likeness (QED) is 0.825. The molecule has 22 heavy (non-hydrogen) atoms. The molecule has 118 valence electrons. The molecule has 1 saturated carbocycles. The Balaban J connectivity index is 1.46.